The molecule has 0 aliphatic carbocycles. The average Bonchev–Trinajstić information content (AvgIpc) is 3.20. The van der Waals surface area contributed by atoms with E-state index in [9.17, 15) is 4.79 Å². The molecule has 10 nitrogen and oxygen atoms in total. The normalized spacial score (nSPS) is 11.4. The number of rotatable bonds is 9. The Morgan fingerprint density at radius 2 is 2.33 bits per heavy atom. The van der Waals surface area contributed by atoms with Gasteiger partial charge in [-0.3, -0.25) is 9.69 Å². The first-order valence-electron chi connectivity index (χ1n) is 6.81. The fourth-order valence-electron chi connectivity index (χ4n) is 1.81. The SMILES string of the molecule is COCCNc1nonc1/C(=N/OC)N(C=O)Cc1cc(Cl)co1. The number of nitrogens with one attached hydrogen (secondary N) is 1. The Morgan fingerprint density at radius 1 is 1.50 bits per heavy atom. The number of carbonyl (C=O) groups excluding carboxylic acids is 1. The molecular weight excluding hydrogens is 342 g/mol. The first-order chi connectivity index (χ1) is 11.7. The van der Waals surface area contributed by atoms with E-state index in [2.05, 4.69) is 20.8 Å². The molecule has 11 heteroatoms. The van der Waals surface area contributed by atoms with E-state index in [-0.39, 0.29) is 18.1 Å². The summed E-state index contributed by atoms with van der Waals surface area (Å²) in [6.45, 7) is 0.987. The number of carbonyl (C=O) groups is 1. The summed E-state index contributed by atoms with van der Waals surface area (Å²) in [5, 5.41) is 14.7. The average molecular weight is 358 g/mol. The summed E-state index contributed by atoms with van der Waals surface area (Å²) < 4.78 is 14.9. The second-order valence-electron chi connectivity index (χ2n) is 4.44. The van der Waals surface area contributed by atoms with Crippen LogP contribution in [0, 0.1) is 0 Å². The number of oxime groups is 1. The lowest BCUT2D eigenvalue weighted by Gasteiger charge is -2.16. The molecule has 0 saturated heterocycles. The molecule has 0 bridgehead atoms. The van der Waals surface area contributed by atoms with Gasteiger partial charge in [-0.2, -0.15) is 0 Å². The Balaban J connectivity index is 2.22. The van der Waals surface area contributed by atoms with Gasteiger partial charge in [0.05, 0.1) is 18.2 Å². The molecule has 0 radical (unpaired) electrons. The van der Waals surface area contributed by atoms with E-state index in [0.717, 1.165) is 0 Å². The van der Waals surface area contributed by atoms with Crippen LogP contribution in [0.3, 0.4) is 0 Å². The van der Waals surface area contributed by atoms with Crippen molar-refractivity contribution in [1.29, 1.82) is 0 Å². The molecule has 0 atom stereocenters. The molecule has 0 aromatic carbocycles. The molecule has 130 valence electrons. The molecule has 2 aromatic rings. The van der Waals surface area contributed by atoms with E-state index in [0.29, 0.717) is 36.2 Å². The Kier molecular flexibility index (Phi) is 6.58. The molecule has 0 aliphatic rings. The predicted molar refractivity (Wildman–Crippen MR) is 83.5 cm³/mol. The van der Waals surface area contributed by atoms with Gasteiger partial charge < -0.3 is 19.3 Å². The molecule has 0 spiro atoms. The third kappa shape index (κ3) is 4.46. The van der Waals surface area contributed by atoms with E-state index >= 15 is 0 Å². The Bertz CT molecular complexity index is 686. The second kappa shape index (κ2) is 8.89. The molecular formula is C13H16ClN5O5. The number of hydrogen-bond donors (Lipinski definition) is 1. The number of hydrogen-bond acceptors (Lipinski definition) is 9. The largest absolute Gasteiger partial charge is 0.466 e. The zero-order chi connectivity index (χ0) is 17.4. The van der Waals surface area contributed by atoms with Crippen LogP contribution in [0.5, 0.6) is 0 Å². The zero-order valence-corrected chi connectivity index (χ0v) is 13.8. The van der Waals surface area contributed by atoms with Crippen LogP contribution in [-0.2, 0) is 20.9 Å². The van der Waals surface area contributed by atoms with Crippen LogP contribution in [0.2, 0.25) is 5.02 Å². The zero-order valence-electron chi connectivity index (χ0n) is 13.1. The van der Waals surface area contributed by atoms with Crippen LogP contribution in [0.25, 0.3) is 0 Å². The monoisotopic (exact) mass is 357 g/mol. The van der Waals surface area contributed by atoms with Crippen LogP contribution in [0.4, 0.5) is 5.82 Å². The van der Waals surface area contributed by atoms with Gasteiger partial charge in [-0.25, -0.2) is 4.63 Å². The first kappa shape index (κ1) is 17.8. The Labute approximate surface area is 142 Å². The van der Waals surface area contributed by atoms with Crippen molar-refractivity contribution in [2.45, 2.75) is 6.54 Å². The van der Waals surface area contributed by atoms with Crippen molar-refractivity contribution in [3.05, 3.63) is 28.8 Å². The first-order valence-corrected chi connectivity index (χ1v) is 7.19. The van der Waals surface area contributed by atoms with Gasteiger partial charge in [-0.1, -0.05) is 16.8 Å². The van der Waals surface area contributed by atoms with Crippen molar-refractivity contribution in [3.63, 3.8) is 0 Å². The highest BCUT2D eigenvalue weighted by molar-refractivity contribution is 6.30. The van der Waals surface area contributed by atoms with Crippen molar-refractivity contribution in [2.24, 2.45) is 5.16 Å². The highest BCUT2D eigenvalue weighted by atomic mass is 35.5. The van der Waals surface area contributed by atoms with E-state index < -0.39 is 0 Å². The minimum atomic E-state index is 0.0722. The van der Waals surface area contributed by atoms with Gasteiger partial charge in [0.1, 0.15) is 19.1 Å². The number of aromatic nitrogens is 2. The maximum absolute atomic E-state index is 11.5. The van der Waals surface area contributed by atoms with Gasteiger partial charge >= 0.3 is 0 Å². The van der Waals surface area contributed by atoms with Gasteiger partial charge in [0.25, 0.3) is 0 Å². The van der Waals surface area contributed by atoms with E-state index in [1.165, 1.54) is 18.3 Å². The smallest absolute Gasteiger partial charge is 0.215 e. The van der Waals surface area contributed by atoms with Crippen LogP contribution in [0.1, 0.15) is 11.5 Å². The summed E-state index contributed by atoms with van der Waals surface area (Å²) in [7, 11) is 2.92. The summed E-state index contributed by atoms with van der Waals surface area (Å²) in [5.41, 5.74) is 0.206. The van der Waals surface area contributed by atoms with Crippen LogP contribution in [0.15, 0.2) is 26.5 Å². The topological polar surface area (TPSA) is 115 Å². The van der Waals surface area contributed by atoms with Crippen LogP contribution in [-0.4, -0.2) is 54.8 Å². The summed E-state index contributed by atoms with van der Waals surface area (Å²) in [6.07, 6.45) is 1.92. The fraction of sp³-hybridized carbons (Fsp3) is 0.385. The molecule has 0 fully saturated rings. The van der Waals surface area contributed by atoms with Crippen LogP contribution >= 0.6 is 11.6 Å². The van der Waals surface area contributed by atoms with Gasteiger partial charge in [-0.05, 0) is 10.3 Å². The summed E-state index contributed by atoms with van der Waals surface area (Å²) in [4.78, 5) is 17.5. The number of nitrogens with zero attached hydrogens (tertiary/aromatic N) is 4. The van der Waals surface area contributed by atoms with Gasteiger partial charge in [-0.15, -0.1) is 0 Å². The highest BCUT2D eigenvalue weighted by Gasteiger charge is 2.24. The maximum atomic E-state index is 11.5. The third-order valence-corrected chi connectivity index (χ3v) is 3.02. The molecule has 0 aliphatic heterocycles. The lowest BCUT2D eigenvalue weighted by Crippen LogP contribution is -2.31. The van der Waals surface area contributed by atoms with Gasteiger partial charge in [0.2, 0.25) is 18.1 Å². The Morgan fingerprint density at radius 3 is 2.96 bits per heavy atom. The minimum absolute atomic E-state index is 0.0722. The Hall–Kier alpha value is -2.59. The molecule has 1 amide bonds. The quantitative estimate of drug-likeness (QED) is 0.235. The standard InChI is InChI=1S/C13H16ClN5O5/c1-21-4-3-15-12-11(16-24-17-12)13(18-22-2)19(8-20)6-10-5-9(14)7-23-10/h5,7-8H,3-4,6H2,1-2H3,(H,15,17)/b18-13-. The summed E-state index contributed by atoms with van der Waals surface area (Å²) in [5.74, 6) is 0.856. The van der Waals surface area contributed by atoms with Crippen molar-refractivity contribution in [2.75, 3.05) is 32.7 Å². The molecule has 0 unspecified atom stereocenters. The van der Waals surface area contributed by atoms with E-state index in [1.54, 1.807) is 13.2 Å². The maximum Gasteiger partial charge on any atom is 0.215 e. The van der Waals surface area contributed by atoms with Gasteiger partial charge in [0, 0.05) is 19.7 Å². The molecule has 1 N–H and O–H groups in total. The molecule has 2 aromatic heterocycles. The number of ether oxygens (including phenoxy) is 1. The number of furan rings is 1. The van der Waals surface area contributed by atoms with Crippen molar-refractivity contribution in [3.8, 4) is 0 Å². The number of amides is 1. The van der Waals surface area contributed by atoms with Crippen LogP contribution < -0.4 is 5.32 Å². The van der Waals surface area contributed by atoms with Gasteiger partial charge in [0.15, 0.2) is 5.69 Å². The highest BCUT2D eigenvalue weighted by Crippen LogP contribution is 2.18. The van der Waals surface area contributed by atoms with E-state index in [1.807, 2.05) is 0 Å². The van der Waals surface area contributed by atoms with Crippen molar-refractivity contribution in [1.82, 2.24) is 15.2 Å². The number of halogens is 1. The molecule has 2 heterocycles. The number of amidine groups is 1. The number of methoxy groups -OCH3 is 1. The molecule has 2 rings (SSSR count). The second-order valence-corrected chi connectivity index (χ2v) is 4.88. The fourth-order valence-corrected chi connectivity index (χ4v) is 1.97. The lowest BCUT2D eigenvalue weighted by molar-refractivity contribution is -0.115. The molecule has 0 saturated carbocycles. The lowest BCUT2D eigenvalue weighted by atomic mass is 10.3. The molecule has 24 heavy (non-hydrogen) atoms. The van der Waals surface area contributed by atoms with E-state index in [4.69, 9.17) is 30.2 Å². The predicted octanol–water partition coefficient (Wildman–Crippen LogP) is 1.34. The van der Waals surface area contributed by atoms with Crippen molar-refractivity contribution >= 4 is 29.7 Å². The summed E-state index contributed by atoms with van der Waals surface area (Å²) in [6, 6.07) is 1.58. The summed E-state index contributed by atoms with van der Waals surface area (Å²) >= 11 is 5.81. The minimum Gasteiger partial charge on any atom is -0.466 e. The van der Waals surface area contributed by atoms with Crippen molar-refractivity contribution < 1.29 is 23.4 Å². The number of anilines is 1. The third-order valence-electron chi connectivity index (χ3n) is 2.82.